The Morgan fingerprint density at radius 3 is 2.47 bits per heavy atom. The van der Waals surface area contributed by atoms with Gasteiger partial charge < -0.3 is 11.1 Å². The third-order valence-corrected chi connectivity index (χ3v) is 2.65. The van der Waals surface area contributed by atoms with Crippen LogP contribution in [-0.4, -0.2) is 18.6 Å². The zero-order valence-corrected chi connectivity index (χ0v) is 10.6. The predicted octanol–water partition coefficient (Wildman–Crippen LogP) is 1.82. The van der Waals surface area contributed by atoms with Crippen molar-refractivity contribution in [1.82, 2.24) is 5.32 Å². The van der Waals surface area contributed by atoms with Crippen molar-refractivity contribution in [3.05, 3.63) is 35.4 Å². The van der Waals surface area contributed by atoms with Gasteiger partial charge in [0.15, 0.2) is 0 Å². The predicted molar refractivity (Wildman–Crippen MR) is 70.6 cm³/mol. The van der Waals surface area contributed by atoms with Gasteiger partial charge in [0, 0.05) is 12.1 Å². The lowest BCUT2D eigenvalue weighted by Gasteiger charge is -2.13. The molecule has 17 heavy (non-hydrogen) atoms. The Morgan fingerprint density at radius 1 is 1.29 bits per heavy atom. The molecule has 1 rings (SSSR count). The lowest BCUT2D eigenvalue weighted by atomic mass is 10.0. The topological polar surface area (TPSA) is 61.8 Å². The molecule has 1 aromatic rings. The molecule has 0 fully saturated rings. The lowest BCUT2D eigenvalue weighted by molar-refractivity contribution is 0.521. The first-order valence-corrected chi connectivity index (χ1v) is 6.10. The molecule has 0 saturated heterocycles. The smallest absolute Gasteiger partial charge is 0.0991 e. The number of rotatable bonds is 6. The van der Waals surface area contributed by atoms with E-state index in [-0.39, 0.29) is 6.04 Å². The largest absolute Gasteiger partial charge is 0.327 e. The molecular formula is C14H21N3. The Labute approximate surface area is 104 Å². The molecule has 0 bridgehead atoms. The van der Waals surface area contributed by atoms with Crippen molar-refractivity contribution in [2.75, 3.05) is 6.54 Å². The number of hydrogen-bond donors (Lipinski definition) is 2. The monoisotopic (exact) mass is 231 g/mol. The van der Waals surface area contributed by atoms with E-state index in [0.29, 0.717) is 11.6 Å². The SMILES string of the molecule is CC(C)NCCC(N)Cc1ccc(C#N)cc1. The summed E-state index contributed by atoms with van der Waals surface area (Å²) in [4.78, 5) is 0. The van der Waals surface area contributed by atoms with Gasteiger partial charge >= 0.3 is 0 Å². The third kappa shape index (κ3) is 5.48. The number of nitrogens with one attached hydrogen (secondary N) is 1. The van der Waals surface area contributed by atoms with Gasteiger partial charge in [-0.25, -0.2) is 0 Å². The molecule has 3 N–H and O–H groups in total. The fourth-order valence-corrected chi connectivity index (χ4v) is 1.68. The van der Waals surface area contributed by atoms with E-state index in [9.17, 15) is 0 Å². The minimum atomic E-state index is 0.175. The summed E-state index contributed by atoms with van der Waals surface area (Å²) in [6.45, 7) is 5.22. The quantitative estimate of drug-likeness (QED) is 0.785. The van der Waals surface area contributed by atoms with Crippen molar-refractivity contribution in [3.63, 3.8) is 0 Å². The summed E-state index contributed by atoms with van der Waals surface area (Å²) in [7, 11) is 0. The van der Waals surface area contributed by atoms with Gasteiger partial charge in [-0.2, -0.15) is 5.26 Å². The van der Waals surface area contributed by atoms with Crippen LogP contribution >= 0.6 is 0 Å². The van der Waals surface area contributed by atoms with Crippen LogP contribution in [0.15, 0.2) is 24.3 Å². The minimum absolute atomic E-state index is 0.175. The van der Waals surface area contributed by atoms with E-state index in [1.54, 1.807) is 0 Å². The van der Waals surface area contributed by atoms with Crippen LogP contribution in [0.2, 0.25) is 0 Å². The Hall–Kier alpha value is -1.37. The molecule has 1 unspecified atom stereocenters. The van der Waals surface area contributed by atoms with E-state index in [0.717, 1.165) is 19.4 Å². The molecule has 0 heterocycles. The van der Waals surface area contributed by atoms with Crippen molar-refractivity contribution in [1.29, 1.82) is 5.26 Å². The maximum atomic E-state index is 8.70. The Bertz CT molecular complexity index is 362. The maximum Gasteiger partial charge on any atom is 0.0991 e. The molecule has 0 aliphatic heterocycles. The summed E-state index contributed by atoms with van der Waals surface area (Å²) in [5.74, 6) is 0. The molecule has 0 aliphatic rings. The highest BCUT2D eigenvalue weighted by Crippen LogP contribution is 2.06. The minimum Gasteiger partial charge on any atom is -0.327 e. The fraction of sp³-hybridized carbons (Fsp3) is 0.500. The van der Waals surface area contributed by atoms with Gasteiger partial charge in [0.25, 0.3) is 0 Å². The van der Waals surface area contributed by atoms with Gasteiger partial charge in [-0.3, -0.25) is 0 Å². The zero-order valence-electron chi connectivity index (χ0n) is 10.6. The zero-order chi connectivity index (χ0) is 12.7. The van der Waals surface area contributed by atoms with E-state index in [1.165, 1.54) is 5.56 Å². The summed E-state index contributed by atoms with van der Waals surface area (Å²) in [6, 6.07) is 10.4. The second-order valence-electron chi connectivity index (χ2n) is 4.67. The van der Waals surface area contributed by atoms with Crippen molar-refractivity contribution in [2.45, 2.75) is 38.8 Å². The summed E-state index contributed by atoms with van der Waals surface area (Å²) in [5.41, 5.74) is 7.95. The molecule has 3 nitrogen and oxygen atoms in total. The highest BCUT2D eigenvalue weighted by molar-refractivity contribution is 5.31. The molecule has 1 aromatic carbocycles. The van der Waals surface area contributed by atoms with Gasteiger partial charge in [-0.1, -0.05) is 26.0 Å². The van der Waals surface area contributed by atoms with Gasteiger partial charge in [0.1, 0.15) is 0 Å². The van der Waals surface area contributed by atoms with Crippen molar-refractivity contribution in [2.24, 2.45) is 5.73 Å². The van der Waals surface area contributed by atoms with Crippen LogP contribution in [0.4, 0.5) is 0 Å². The Morgan fingerprint density at radius 2 is 1.94 bits per heavy atom. The van der Waals surface area contributed by atoms with Crippen molar-refractivity contribution < 1.29 is 0 Å². The molecule has 92 valence electrons. The molecule has 0 radical (unpaired) electrons. The summed E-state index contributed by atoms with van der Waals surface area (Å²) in [5, 5.41) is 12.1. The summed E-state index contributed by atoms with van der Waals surface area (Å²) < 4.78 is 0. The van der Waals surface area contributed by atoms with Crippen molar-refractivity contribution in [3.8, 4) is 6.07 Å². The van der Waals surface area contributed by atoms with Crippen LogP contribution in [0, 0.1) is 11.3 Å². The lowest BCUT2D eigenvalue weighted by Crippen LogP contribution is -2.31. The summed E-state index contributed by atoms with van der Waals surface area (Å²) in [6.07, 6.45) is 1.84. The van der Waals surface area contributed by atoms with Crippen LogP contribution in [-0.2, 0) is 6.42 Å². The molecular weight excluding hydrogens is 210 g/mol. The molecule has 0 saturated carbocycles. The first-order valence-electron chi connectivity index (χ1n) is 6.10. The number of nitrogens with two attached hydrogens (primary N) is 1. The third-order valence-electron chi connectivity index (χ3n) is 2.65. The van der Waals surface area contributed by atoms with Crippen LogP contribution in [0.5, 0.6) is 0 Å². The van der Waals surface area contributed by atoms with E-state index < -0.39 is 0 Å². The van der Waals surface area contributed by atoms with Gasteiger partial charge in [0.2, 0.25) is 0 Å². The number of nitrogens with zero attached hydrogens (tertiary/aromatic N) is 1. The van der Waals surface area contributed by atoms with Crippen LogP contribution < -0.4 is 11.1 Å². The molecule has 0 amide bonds. The first-order chi connectivity index (χ1) is 8.11. The fourth-order valence-electron chi connectivity index (χ4n) is 1.68. The van der Waals surface area contributed by atoms with E-state index in [2.05, 4.69) is 25.2 Å². The normalized spacial score (nSPS) is 12.4. The molecule has 0 spiro atoms. The van der Waals surface area contributed by atoms with Crippen molar-refractivity contribution >= 4 is 0 Å². The standard InChI is InChI=1S/C14H21N3/c1-11(2)17-8-7-14(16)9-12-3-5-13(10-15)6-4-12/h3-6,11,14,17H,7-9,16H2,1-2H3. The number of hydrogen-bond acceptors (Lipinski definition) is 3. The second-order valence-corrected chi connectivity index (χ2v) is 4.67. The van der Waals surface area contributed by atoms with Gasteiger partial charge in [-0.05, 0) is 37.1 Å². The average Bonchev–Trinajstić information content (AvgIpc) is 2.29. The molecule has 1 atom stereocenters. The van der Waals surface area contributed by atoms with Gasteiger partial charge in [0.05, 0.1) is 11.6 Å². The first kappa shape index (κ1) is 13.7. The molecule has 0 aliphatic carbocycles. The van der Waals surface area contributed by atoms with Gasteiger partial charge in [-0.15, -0.1) is 0 Å². The van der Waals surface area contributed by atoms with Crippen LogP contribution in [0.25, 0.3) is 0 Å². The number of benzene rings is 1. The Kier molecular flexibility index (Phi) is 5.68. The Balaban J connectivity index is 2.34. The summed E-state index contributed by atoms with van der Waals surface area (Å²) >= 11 is 0. The maximum absolute atomic E-state index is 8.70. The average molecular weight is 231 g/mol. The number of nitriles is 1. The highest BCUT2D eigenvalue weighted by atomic mass is 14.9. The van der Waals surface area contributed by atoms with E-state index >= 15 is 0 Å². The molecule has 0 aromatic heterocycles. The van der Waals surface area contributed by atoms with Crippen LogP contribution in [0.3, 0.4) is 0 Å². The highest BCUT2D eigenvalue weighted by Gasteiger charge is 2.04. The molecule has 3 heteroatoms. The van der Waals surface area contributed by atoms with Crippen LogP contribution in [0.1, 0.15) is 31.4 Å². The van der Waals surface area contributed by atoms with E-state index in [4.69, 9.17) is 11.0 Å². The second kappa shape index (κ2) is 7.05. The van der Waals surface area contributed by atoms with E-state index in [1.807, 2.05) is 24.3 Å².